The predicted octanol–water partition coefficient (Wildman–Crippen LogP) is 1.88. The number of hydrogen-bond acceptors (Lipinski definition) is 3. The minimum Gasteiger partial charge on any atom is -0.497 e. The van der Waals surface area contributed by atoms with Crippen molar-refractivity contribution in [3.05, 3.63) is 35.6 Å². The minimum atomic E-state index is 0.301. The summed E-state index contributed by atoms with van der Waals surface area (Å²) in [6, 6.07) is 7.34. The first-order valence-corrected chi connectivity index (χ1v) is 4.15. The van der Waals surface area contributed by atoms with Gasteiger partial charge in [0.25, 0.3) is 0 Å². The molecule has 0 radical (unpaired) electrons. The van der Waals surface area contributed by atoms with Crippen LogP contribution in [0.15, 0.2) is 30.0 Å². The molecule has 0 bridgehead atoms. The van der Waals surface area contributed by atoms with Gasteiger partial charge in [-0.3, -0.25) is 4.79 Å². The van der Waals surface area contributed by atoms with Crippen LogP contribution in [0, 0.1) is 0 Å². The zero-order valence-corrected chi connectivity index (χ0v) is 8.19. The Kier molecular flexibility index (Phi) is 3.73. The normalized spacial score (nSPS) is 10.9. The molecule has 3 nitrogen and oxygen atoms in total. The van der Waals surface area contributed by atoms with Crippen LogP contribution in [0.4, 0.5) is 0 Å². The zero-order chi connectivity index (χ0) is 10.4. The molecular weight excluding hydrogens is 180 g/mol. The molecule has 0 fully saturated rings. The van der Waals surface area contributed by atoms with Crippen molar-refractivity contribution in [1.82, 2.24) is 0 Å². The SMILES string of the molecule is CO/C(C=O)=C\c1ccc(OC)cc1. The Morgan fingerprint density at radius 2 is 1.86 bits per heavy atom. The largest absolute Gasteiger partial charge is 0.497 e. The molecule has 0 aliphatic heterocycles. The molecule has 3 heteroatoms. The summed E-state index contributed by atoms with van der Waals surface area (Å²) in [5.41, 5.74) is 0.898. The van der Waals surface area contributed by atoms with E-state index < -0.39 is 0 Å². The number of carbonyl (C=O) groups excluding carboxylic acids is 1. The third-order valence-corrected chi connectivity index (χ3v) is 1.78. The third-order valence-electron chi connectivity index (χ3n) is 1.78. The number of aldehydes is 1. The highest BCUT2D eigenvalue weighted by Crippen LogP contribution is 2.13. The molecule has 0 N–H and O–H groups in total. The standard InChI is InChI=1S/C11H12O3/c1-13-10-5-3-9(4-6-10)7-11(8-12)14-2/h3-8H,1-2H3/b11-7-. The second-order valence-electron chi connectivity index (χ2n) is 2.64. The quantitative estimate of drug-likeness (QED) is 0.415. The van der Waals surface area contributed by atoms with E-state index in [1.54, 1.807) is 13.2 Å². The zero-order valence-electron chi connectivity index (χ0n) is 8.19. The molecule has 1 aromatic carbocycles. The van der Waals surface area contributed by atoms with E-state index in [-0.39, 0.29) is 0 Å². The van der Waals surface area contributed by atoms with E-state index in [0.717, 1.165) is 11.3 Å². The van der Waals surface area contributed by atoms with Crippen LogP contribution in [0.5, 0.6) is 5.75 Å². The highest BCUT2D eigenvalue weighted by atomic mass is 16.5. The van der Waals surface area contributed by atoms with Crippen LogP contribution in [0.3, 0.4) is 0 Å². The molecule has 1 rings (SSSR count). The Hall–Kier alpha value is -1.77. The fraction of sp³-hybridized carbons (Fsp3) is 0.182. The van der Waals surface area contributed by atoms with Gasteiger partial charge in [0.2, 0.25) is 0 Å². The van der Waals surface area contributed by atoms with Gasteiger partial charge in [0.15, 0.2) is 12.0 Å². The van der Waals surface area contributed by atoms with Crippen molar-refractivity contribution < 1.29 is 14.3 Å². The summed E-state index contributed by atoms with van der Waals surface area (Å²) < 4.78 is 9.83. The number of ether oxygens (including phenoxy) is 2. The molecule has 0 aromatic heterocycles. The van der Waals surface area contributed by atoms with Gasteiger partial charge in [-0.1, -0.05) is 12.1 Å². The molecule has 0 heterocycles. The lowest BCUT2D eigenvalue weighted by molar-refractivity contribution is -0.107. The summed E-state index contributed by atoms with van der Waals surface area (Å²) in [5.74, 6) is 1.09. The highest BCUT2D eigenvalue weighted by Gasteiger charge is 1.95. The van der Waals surface area contributed by atoms with Crippen molar-refractivity contribution in [2.75, 3.05) is 14.2 Å². The van der Waals surface area contributed by atoms with E-state index in [9.17, 15) is 4.79 Å². The molecule has 0 saturated heterocycles. The van der Waals surface area contributed by atoms with Gasteiger partial charge in [-0.2, -0.15) is 0 Å². The van der Waals surface area contributed by atoms with Crippen LogP contribution < -0.4 is 4.74 Å². The second kappa shape index (κ2) is 5.07. The highest BCUT2D eigenvalue weighted by molar-refractivity contribution is 5.78. The van der Waals surface area contributed by atoms with Crippen LogP contribution >= 0.6 is 0 Å². The molecular formula is C11H12O3. The Morgan fingerprint density at radius 3 is 2.29 bits per heavy atom. The van der Waals surface area contributed by atoms with E-state index in [0.29, 0.717) is 12.0 Å². The van der Waals surface area contributed by atoms with Crippen molar-refractivity contribution in [2.24, 2.45) is 0 Å². The minimum absolute atomic E-state index is 0.301. The van der Waals surface area contributed by atoms with Gasteiger partial charge in [0.1, 0.15) is 5.75 Å². The van der Waals surface area contributed by atoms with Crippen LogP contribution in [0.2, 0.25) is 0 Å². The Balaban J connectivity index is 2.86. The van der Waals surface area contributed by atoms with Gasteiger partial charge in [0.05, 0.1) is 14.2 Å². The van der Waals surface area contributed by atoms with Crippen LogP contribution in [0.25, 0.3) is 6.08 Å². The molecule has 0 saturated carbocycles. The molecule has 74 valence electrons. The summed E-state index contributed by atoms with van der Waals surface area (Å²) in [4.78, 5) is 10.4. The van der Waals surface area contributed by atoms with E-state index in [2.05, 4.69) is 0 Å². The van der Waals surface area contributed by atoms with Crippen LogP contribution in [-0.2, 0) is 9.53 Å². The smallest absolute Gasteiger partial charge is 0.184 e. The molecule has 0 spiro atoms. The lowest BCUT2D eigenvalue weighted by atomic mass is 10.2. The van der Waals surface area contributed by atoms with E-state index in [1.807, 2.05) is 24.3 Å². The predicted molar refractivity (Wildman–Crippen MR) is 54.0 cm³/mol. The fourth-order valence-electron chi connectivity index (χ4n) is 1.01. The Bertz CT molecular complexity index is 325. The molecule has 0 aliphatic carbocycles. The number of benzene rings is 1. The maximum absolute atomic E-state index is 10.4. The maximum atomic E-state index is 10.4. The van der Waals surface area contributed by atoms with Crippen molar-refractivity contribution in [1.29, 1.82) is 0 Å². The number of methoxy groups -OCH3 is 2. The van der Waals surface area contributed by atoms with Crippen molar-refractivity contribution in [2.45, 2.75) is 0 Å². The summed E-state index contributed by atoms with van der Waals surface area (Å²) in [5, 5.41) is 0. The summed E-state index contributed by atoms with van der Waals surface area (Å²) in [6.45, 7) is 0. The van der Waals surface area contributed by atoms with Crippen LogP contribution in [-0.4, -0.2) is 20.5 Å². The van der Waals surface area contributed by atoms with Crippen molar-refractivity contribution in [3.8, 4) is 5.75 Å². The van der Waals surface area contributed by atoms with Gasteiger partial charge in [-0.05, 0) is 23.8 Å². The fourth-order valence-corrected chi connectivity index (χ4v) is 1.01. The van der Waals surface area contributed by atoms with E-state index >= 15 is 0 Å². The Morgan fingerprint density at radius 1 is 1.21 bits per heavy atom. The van der Waals surface area contributed by atoms with Gasteiger partial charge >= 0.3 is 0 Å². The van der Waals surface area contributed by atoms with Crippen LogP contribution in [0.1, 0.15) is 5.56 Å². The molecule has 0 atom stereocenters. The first-order chi connectivity index (χ1) is 6.80. The number of rotatable bonds is 4. The number of carbonyl (C=O) groups is 1. The van der Waals surface area contributed by atoms with Gasteiger partial charge in [0, 0.05) is 0 Å². The average molecular weight is 192 g/mol. The molecule has 14 heavy (non-hydrogen) atoms. The van der Waals surface area contributed by atoms with E-state index in [1.165, 1.54) is 7.11 Å². The average Bonchev–Trinajstić information content (AvgIpc) is 2.26. The lowest BCUT2D eigenvalue weighted by Crippen LogP contribution is -1.87. The first-order valence-electron chi connectivity index (χ1n) is 4.15. The monoisotopic (exact) mass is 192 g/mol. The molecule has 0 amide bonds. The van der Waals surface area contributed by atoms with Gasteiger partial charge in [-0.15, -0.1) is 0 Å². The number of hydrogen-bond donors (Lipinski definition) is 0. The Labute approximate surface area is 83.0 Å². The van der Waals surface area contributed by atoms with Crippen molar-refractivity contribution >= 4 is 12.4 Å². The molecule has 0 unspecified atom stereocenters. The first kappa shape index (κ1) is 10.3. The topological polar surface area (TPSA) is 35.5 Å². The summed E-state index contributed by atoms with van der Waals surface area (Å²) >= 11 is 0. The van der Waals surface area contributed by atoms with Gasteiger partial charge < -0.3 is 9.47 Å². The summed E-state index contributed by atoms with van der Waals surface area (Å²) in [7, 11) is 3.07. The van der Waals surface area contributed by atoms with Gasteiger partial charge in [-0.25, -0.2) is 0 Å². The van der Waals surface area contributed by atoms with E-state index in [4.69, 9.17) is 9.47 Å². The number of allylic oxidation sites excluding steroid dienone is 1. The molecule has 0 aliphatic rings. The lowest BCUT2D eigenvalue weighted by Gasteiger charge is -2.00. The maximum Gasteiger partial charge on any atom is 0.184 e. The van der Waals surface area contributed by atoms with Crippen molar-refractivity contribution in [3.63, 3.8) is 0 Å². The third kappa shape index (κ3) is 2.62. The summed E-state index contributed by atoms with van der Waals surface area (Å²) in [6.07, 6.45) is 2.33. The second-order valence-corrected chi connectivity index (χ2v) is 2.64. The molecule has 1 aromatic rings.